The van der Waals surface area contributed by atoms with Gasteiger partial charge in [0.05, 0.1) is 4.92 Å². The van der Waals surface area contributed by atoms with E-state index >= 15 is 0 Å². The van der Waals surface area contributed by atoms with Crippen molar-refractivity contribution in [1.82, 2.24) is 0 Å². The number of likely N-dealkylation sites (N-methyl/N-ethyl adjacent to an activating group) is 1. The third kappa shape index (κ3) is 4.08. The van der Waals surface area contributed by atoms with Gasteiger partial charge < -0.3 is 9.64 Å². The van der Waals surface area contributed by atoms with E-state index in [1.807, 2.05) is 0 Å². The van der Waals surface area contributed by atoms with Gasteiger partial charge in [0, 0.05) is 23.8 Å². The molecule has 0 fully saturated rings. The highest BCUT2D eigenvalue weighted by Crippen LogP contribution is 2.23. The molecule has 0 N–H and O–H groups in total. The molecule has 2 aromatic rings. The van der Waals surface area contributed by atoms with Crippen LogP contribution < -0.4 is 4.90 Å². The first-order valence-corrected chi connectivity index (χ1v) is 7.20. The Labute approximate surface area is 142 Å². The average molecular weight is 349 g/mol. The van der Waals surface area contributed by atoms with Crippen LogP contribution >= 0.6 is 11.6 Å². The van der Waals surface area contributed by atoms with E-state index in [4.69, 9.17) is 16.3 Å². The van der Waals surface area contributed by atoms with Crippen LogP contribution in [-0.2, 0) is 9.53 Å². The molecule has 24 heavy (non-hydrogen) atoms. The van der Waals surface area contributed by atoms with Crippen LogP contribution in [0.25, 0.3) is 0 Å². The highest BCUT2D eigenvalue weighted by atomic mass is 35.5. The van der Waals surface area contributed by atoms with Crippen molar-refractivity contribution < 1.29 is 19.2 Å². The fourth-order valence-electron chi connectivity index (χ4n) is 1.93. The smallest absolute Gasteiger partial charge is 0.345 e. The van der Waals surface area contributed by atoms with Crippen LogP contribution in [0, 0.1) is 10.1 Å². The number of hydrogen-bond acceptors (Lipinski definition) is 5. The molecule has 2 rings (SSSR count). The Morgan fingerprint density at radius 2 is 1.88 bits per heavy atom. The van der Waals surface area contributed by atoms with Gasteiger partial charge in [0.2, 0.25) is 0 Å². The van der Waals surface area contributed by atoms with E-state index < -0.39 is 29.1 Å². The van der Waals surface area contributed by atoms with Gasteiger partial charge in [0.1, 0.15) is 5.56 Å². The summed E-state index contributed by atoms with van der Waals surface area (Å²) < 4.78 is 4.89. The van der Waals surface area contributed by atoms with Crippen molar-refractivity contribution in [2.24, 2.45) is 0 Å². The van der Waals surface area contributed by atoms with Gasteiger partial charge in [-0.05, 0) is 24.3 Å². The van der Waals surface area contributed by atoms with E-state index in [1.165, 1.54) is 18.0 Å². The van der Waals surface area contributed by atoms with Crippen LogP contribution in [0.3, 0.4) is 0 Å². The van der Waals surface area contributed by atoms with Gasteiger partial charge in [0.25, 0.3) is 11.6 Å². The van der Waals surface area contributed by atoms with Crippen LogP contribution in [0.1, 0.15) is 10.4 Å². The van der Waals surface area contributed by atoms with Gasteiger partial charge in [-0.15, -0.1) is 0 Å². The van der Waals surface area contributed by atoms with Crippen LogP contribution in [0.2, 0.25) is 5.02 Å². The second-order valence-electron chi connectivity index (χ2n) is 4.78. The van der Waals surface area contributed by atoms with Crippen LogP contribution in [0.4, 0.5) is 11.4 Å². The Balaban J connectivity index is 2.07. The van der Waals surface area contributed by atoms with Crippen LogP contribution in [0.5, 0.6) is 0 Å². The van der Waals surface area contributed by atoms with E-state index in [0.717, 1.165) is 12.1 Å². The number of anilines is 1. The van der Waals surface area contributed by atoms with Crippen molar-refractivity contribution >= 4 is 34.9 Å². The largest absolute Gasteiger partial charge is 0.452 e. The quantitative estimate of drug-likeness (QED) is 0.470. The molecule has 1 amide bonds. The molecule has 0 aromatic heterocycles. The Kier molecular flexibility index (Phi) is 5.49. The lowest BCUT2D eigenvalue weighted by Crippen LogP contribution is -2.31. The summed E-state index contributed by atoms with van der Waals surface area (Å²) in [5.41, 5.74) is -0.108. The molecule has 0 spiro atoms. The highest BCUT2D eigenvalue weighted by molar-refractivity contribution is 6.31. The van der Waals surface area contributed by atoms with Gasteiger partial charge in [0.15, 0.2) is 6.61 Å². The molecule has 0 unspecified atom stereocenters. The molecule has 7 nitrogen and oxygen atoms in total. The second-order valence-corrected chi connectivity index (χ2v) is 5.22. The summed E-state index contributed by atoms with van der Waals surface area (Å²) in [6, 6.07) is 12.3. The highest BCUT2D eigenvalue weighted by Gasteiger charge is 2.23. The molecule has 2 aromatic carbocycles. The fourth-order valence-corrected chi connectivity index (χ4v) is 2.10. The number of hydrogen-bond donors (Lipinski definition) is 0. The predicted octanol–water partition coefficient (Wildman–Crippen LogP) is 3.07. The van der Waals surface area contributed by atoms with Crippen molar-refractivity contribution in [2.75, 3.05) is 18.6 Å². The normalized spacial score (nSPS) is 10.1. The number of nitrogens with zero attached hydrogens (tertiary/aromatic N) is 2. The number of amides is 1. The van der Waals surface area contributed by atoms with Gasteiger partial charge in [-0.3, -0.25) is 14.9 Å². The number of benzene rings is 2. The number of carbonyl (C=O) groups is 2. The summed E-state index contributed by atoms with van der Waals surface area (Å²) in [6.45, 7) is -0.548. The Bertz CT molecular complexity index is 779. The minimum atomic E-state index is -0.987. The summed E-state index contributed by atoms with van der Waals surface area (Å²) in [6.07, 6.45) is 0. The number of halogens is 1. The Morgan fingerprint density at radius 1 is 1.21 bits per heavy atom. The van der Waals surface area contributed by atoms with E-state index in [-0.39, 0.29) is 10.6 Å². The second kappa shape index (κ2) is 7.56. The van der Waals surface area contributed by atoms with Gasteiger partial charge >= 0.3 is 5.97 Å². The first kappa shape index (κ1) is 17.4. The lowest BCUT2D eigenvalue weighted by Gasteiger charge is -2.17. The monoisotopic (exact) mass is 348 g/mol. The Hall–Kier alpha value is -2.93. The molecule has 0 aliphatic heterocycles. The first-order valence-electron chi connectivity index (χ1n) is 6.83. The summed E-state index contributed by atoms with van der Waals surface area (Å²) in [4.78, 5) is 35.6. The first-order chi connectivity index (χ1) is 11.4. The van der Waals surface area contributed by atoms with E-state index in [9.17, 15) is 19.7 Å². The topological polar surface area (TPSA) is 89.8 Å². The summed E-state index contributed by atoms with van der Waals surface area (Å²) in [5.74, 6) is -1.46. The maximum Gasteiger partial charge on any atom is 0.345 e. The molecule has 0 atom stereocenters. The molecule has 124 valence electrons. The standard InChI is InChI=1S/C16H13ClN2O5/c1-18(12-5-3-2-4-6-12)15(20)10-24-16(21)13-9-11(17)7-8-14(13)19(22)23/h2-9H,10H2,1H3. The minimum absolute atomic E-state index is 0.153. The molecule has 0 bridgehead atoms. The maximum absolute atomic E-state index is 12.1. The zero-order valence-electron chi connectivity index (χ0n) is 12.6. The van der Waals surface area contributed by atoms with Crippen LogP contribution in [0.15, 0.2) is 48.5 Å². The van der Waals surface area contributed by atoms with Gasteiger partial charge in [-0.1, -0.05) is 29.8 Å². The number of para-hydroxylation sites is 1. The maximum atomic E-state index is 12.1. The minimum Gasteiger partial charge on any atom is -0.452 e. The molecule has 0 aliphatic rings. The zero-order valence-corrected chi connectivity index (χ0v) is 13.4. The SMILES string of the molecule is CN(C(=O)COC(=O)c1cc(Cl)ccc1[N+](=O)[O-])c1ccccc1. The Morgan fingerprint density at radius 3 is 2.50 bits per heavy atom. The fraction of sp³-hybridized carbons (Fsp3) is 0.125. The molecule has 0 heterocycles. The lowest BCUT2D eigenvalue weighted by atomic mass is 10.2. The molecule has 0 radical (unpaired) electrons. The number of carbonyl (C=O) groups excluding carboxylic acids is 2. The summed E-state index contributed by atoms with van der Waals surface area (Å²) in [5, 5.41) is 11.1. The van der Waals surface area contributed by atoms with Crippen LogP contribution in [-0.4, -0.2) is 30.5 Å². The molecule has 0 saturated heterocycles. The molecular weight excluding hydrogens is 336 g/mol. The van der Waals surface area contributed by atoms with Crippen molar-refractivity contribution in [3.05, 3.63) is 69.2 Å². The average Bonchev–Trinajstić information content (AvgIpc) is 2.59. The number of ether oxygens (including phenoxy) is 1. The van der Waals surface area contributed by atoms with Crippen molar-refractivity contribution in [3.63, 3.8) is 0 Å². The summed E-state index contributed by atoms with van der Waals surface area (Å²) >= 11 is 5.75. The van der Waals surface area contributed by atoms with E-state index in [2.05, 4.69) is 0 Å². The third-order valence-electron chi connectivity index (χ3n) is 3.22. The molecule has 0 aliphatic carbocycles. The van der Waals surface area contributed by atoms with Crippen molar-refractivity contribution in [1.29, 1.82) is 0 Å². The lowest BCUT2D eigenvalue weighted by molar-refractivity contribution is -0.385. The van der Waals surface area contributed by atoms with E-state index in [1.54, 1.807) is 30.3 Å². The zero-order chi connectivity index (χ0) is 17.7. The van der Waals surface area contributed by atoms with Gasteiger partial charge in [-0.2, -0.15) is 0 Å². The molecular formula is C16H13ClN2O5. The van der Waals surface area contributed by atoms with Crippen molar-refractivity contribution in [2.45, 2.75) is 0 Å². The predicted molar refractivity (Wildman–Crippen MR) is 88.2 cm³/mol. The van der Waals surface area contributed by atoms with Crippen molar-refractivity contribution in [3.8, 4) is 0 Å². The molecule has 0 saturated carbocycles. The van der Waals surface area contributed by atoms with Gasteiger partial charge in [-0.25, -0.2) is 4.79 Å². The number of esters is 1. The number of nitro groups is 1. The third-order valence-corrected chi connectivity index (χ3v) is 3.45. The summed E-state index contributed by atoms with van der Waals surface area (Å²) in [7, 11) is 1.54. The van der Waals surface area contributed by atoms with E-state index in [0.29, 0.717) is 5.69 Å². The molecule has 8 heteroatoms. The number of nitro benzene ring substituents is 1. The number of rotatable bonds is 5.